The van der Waals surface area contributed by atoms with Gasteiger partial charge in [0.05, 0.1) is 12.9 Å². The molecular formula is C19H19N5O3S2. The van der Waals surface area contributed by atoms with E-state index < -0.39 is 0 Å². The number of hydrogen-bond acceptors (Lipinski definition) is 8. The Kier molecular flexibility index (Phi) is 7.04. The second kappa shape index (κ2) is 9.89. The molecule has 3 N–H and O–H groups in total. The number of benzene rings is 2. The Hall–Kier alpha value is -3.11. The molecule has 1 heterocycles. The van der Waals surface area contributed by atoms with Crippen LogP contribution in [0, 0.1) is 0 Å². The van der Waals surface area contributed by atoms with E-state index in [0.29, 0.717) is 20.8 Å². The highest BCUT2D eigenvalue weighted by Crippen LogP contribution is 2.28. The van der Waals surface area contributed by atoms with Crippen LogP contribution in [0.5, 0.6) is 5.75 Å². The van der Waals surface area contributed by atoms with Crippen molar-refractivity contribution in [3.8, 4) is 5.75 Å². The Balaban J connectivity index is 1.50. The molecule has 2 amide bonds. The lowest BCUT2D eigenvalue weighted by atomic mass is 10.2. The predicted octanol–water partition coefficient (Wildman–Crippen LogP) is 3.98. The summed E-state index contributed by atoms with van der Waals surface area (Å²) in [6.45, 7) is 1.43. The summed E-state index contributed by atoms with van der Waals surface area (Å²) in [5, 5.41) is 17.5. The van der Waals surface area contributed by atoms with Crippen molar-refractivity contribution in [1.29, 1.82) is 0 Å². The van der Waals surface area contributed by atoms with Gasteiger partial charge in [0.15, 0.2) is 4.34 Å². The van der Waals surface area contributed by atoms with Gasteiger partial charge in [-0.2, -0.15) is 0 Å². The van der Waals surface area contributed by atoms with Gasteiger partial charge in [-0.1, -0.05) is 29.2 Å². The van der Waals surface area contributed by atoms with Crippen molar-refractivity contribution >= 4 is 57.1 Å². The second-order valence-electron chi connectivity index (χ2n) is 5.83. The standard InChI is InChI=1S/C19H19N5O3S2/c1-12(25)20-14-4-3-5-15(10-14)21-17(26)11-28-19-24-23-18(29-19)22-13-6-8-16(27-2)9-7-13/h3-10H,11H2,1-2H3,(H,20,25)(H,21,26)(H,22,23). The van der Waals surface area contributed by atoms with Crippen LogP contribution in [0.15, 0.2) is 52.9 Å². The van der Waals surface area contributed by atoms with Gasteiger partial charge in [0, 0.05) is 24.0 Å². The van der Waals surface area contributed by atoms with Crippen molar-refractivity contribution in [2.45, 2.75) is 11.3 Å². The van der Waals surface area contributed by atoms with Gasteiger partial charge in [0.25, 0.3) is 0 Å². The van der Waals surface area contributed by atoms with Gasteiger partial charge in [-0.3, -0.25) is 9.59 Å². The van der Waals surface area contributed by atoms with E-state index in [2.05, 4.69) is 26.1 Å². The van der Waals surface area contributed by atoms with Crippen LogP contribution in [0.3, 0.4) is 0 Å². The number of amides is 2. The van der Waals surface area contributed by atoms with Crippen LogP contribution in [0.1, 0.15) is 6.92 Å². The third-order valence-electron chi connectivity index (χ3n) is 3.54. The number of hydrogen-bond donors (Lipinski definition) is 3. The average Bonchev–Trinajstić information content (AvgIpc) is 3.14. The highest BCUT2D eigenvalue weighted by Gasteiger charge is 2.09. The molecule has 0 bridgehead atoms. The molecular weight excluding hydrogens is 410 g/mol. The largest absolute Gasteiger partial charge is 0.497 e. The van der Waals surface area contributed by atoms with Crippen LogP contribution in [-0.4, -0.2) is 34.9 Å². The number of nitrogens with zero attached hydrogens (tertiary/aromatic N) is 2. The smallest absolute Gasteiger partial charge is 0.234 e. The molecule has 8 nitrogen and oxygen atoms in total. The average molecular weight is 430 g/mol. The number of thioether (sulfide) groups is 1. The summed E-state index contributed by atoms with van der Waals surface area (Å²) in [5.41, 5.74) is 2.11. The number of ether oxygens (including phenoxy) is 1. The first kappa shape index (κ1) is 20.6. The minimum atomic E-state index is -0.171. The first-order valence-electron chi connectivity index (χ1n) is 8.57. The third-order valence-corrected chi connectivity index (χ3v) is 5.51. The maximum atomic E-state index is 12.2. The van der Waals surface area contributed by atoms with E-state index in [0.717, 1.165) is 11.4 Å². The van der Waals surface area contributed by atoms with Crippen molar-refractivity contribution in [2.75, 3.05) is 28.8 Å². The van der Waals surface area contributed by atoms with E-state index in [1.807, 2.05) is 24.3 Å². The van der Waals surface area contributed by atoms with E-state index in [1.54, 1.807) is 31.4 Å². The summed E-state index contributed by atoms with van der Waals surface area (Å²) in [5.74, 6) is 0.633. The van der Waals surface area contributed by atoms with Gasteiger partial charge < -0.3 is 20.7 Å². The zero-order valence-corrected chi connectivity index (χ0v) is 17.4. The number of rotatable bonds is 8. The van der Waals surface area contributed by atoms with Crippen molar-refractivity contribution in [3.63, 3.8) is 0 Å². The molecule has 3 rings (SSSR count). The molecule has 150 valence electrons. The summed E-state index contributed by atoms with van der Waals surface area (Å²) in [4.78, 5) is 23.3. The Morgan fingerprint density at radius 1 is 1.03 bits per heavy atom. The molecule has 0 aliphatic carbocycles. The van der Waals surface area contributed by atoms with Crippen LogP contribution < -0.4 is 20.7 Å². The molecule has 0 aliphatic rings. The Bertz CT molecular complexity index is 992. The van der Waals surface area contributed by atoms with Crippen LogP contribution in [0.2, 0.25) is 0 Å². The van der Waals surface area contributed by atoms with Gasteiger partial charge in [-0.05, 0) is 42.5 Å². The van der Waals surface area contributed by atoms with Crippen molar-refractivity contribution < 1.29 is 14.3 Å². The fourth-order valence-corrected chi connectivity index (χ4v) is 3.89. The summed E-state index contributed by atoms with van der Waals surface area (Å²) in [7, 11) is 1.62. The fraction of sp³-hybridized carbons (Fsp3) is 0.158. The van der Waals surface area contributed by atoms with Gasteiger partial charge in [0.2, 0.25) is 16.9 Å². The number of methoxy groups -OCH3 is 1. The van der Waals surface area contributed by atoms with Crippen molar-refractivity contribution in [1.82, 2.24) is 10.2 Å². The number of anilines is 4. The molecule has 2 aromatic carbocycles. The zero-order valence-electron chi connectivity index (χ0n) is 15.8. The highest BCUT2D eigenvalue weighted by molar-refractivity contribution is 8.01. The summed E-state index contributed by atoms with van der Waals surface area (Å²) < 4.78 is 5.81. The summed E-state index contributed by atoms with van der Waals surface area (Å²) in [6, 6.07) is 14.4. The second-order valence-corrected chi connectivity index (χ2v) is 8.03. The predicted molar refractivity (Wildman–Crippen MR) is 116 cm³/mol. The van der Waals surface area contributed by atoms with Crippen molar-refractivity contribution in [3.05, 3.63) is 48.5 Å². The van der Waals surface area contributed by atoms with Crippen LogP contribution >= 0.6 is 23.1 Å². The Morgan fingerprint density at radius 3 is 2.45 bits per heavy atom. The van der Waals surface area contributed by atoms with E-state index >= 15 is 0 Å². The van der Waals surface area contributed by atoms with Crippen LogP contribution in [-0.2, 0) is 9.59 Å². The highest BCUT2D eigenvalue weighted by atomic mass is 32.2. The minimum Gasteiger partial charge on any atom is -0.497 e. The van der Waals surface area contributed by atoms with E-state index in [4.69, 9.17) is 4.74 Å². The lowest BCUT2D eigenvalue weighted by Gasteiger charge is -2.07. The normalized spacial score (nSPS) is 10.3. The monoisotopic (exact) mass is 429 g/mol. The van der Waals surface area contributed by atoms with Gasteiger partial charge in [0.1, 0.15) is 5.75 Å². The molecule has 0 fully saturated rings. The molecule has 0 radical (unpaired) electrons. The Morgan fingerprint density at radius 2 is 1.76 bits per heavy atom. The molecule has 0 unspecified atom stereocenters. The lowest BCUT2D eigenvalue weighted by Crippen LogP contribution is -2.14. The maximum absolute atomic E-state index is 12.2. The SMILES string of the molecule is COc1ccc(Nc2nnc(SCC(=O)Nc3cccc(NC(C)=O)c3)s2)cc1. The quantitative estimate of drug-likeness (QED) is 0.465. The molecule has 10 heteroatoms. The number of aromatic nitrogens is 2. The number of nitrogens with one attached hydrogen (secondary N) is 3. The van der Waals surface area contributed by atoms with Crippen molar-refractivity contribution in [2.24, 2.45) is 0 Å². The maximum Gasteiger partial charge on any atom is 0.234 e. The molecule has 29 heavy (non-hydrogen) atoms. The first-order valence-corrected chi connectivity index (χ1v) is 10.4. The Labute approximate surface area is 176 Å². The molecule has 0 atom stereocenters. The topological polar surface area (TPSA) is 105 Å². The number of carbonyl (C=O) groups is 2. The van der Waals surface area contributed by atoms with Crippen LogP contribution in [0.25, 0.3) is 0 Å². The van der Waals surface area contributed by atoms with E-state index in [9.17, 15) is 9.59 Å². The molecule has 1 aromatic heterocycles. The molecule has 0 saturated carbocycles. The summed E-state index contributed by atoms with van der Waals surface area (Å²) in [6.07, 6.45) is 0. The van der Waals surface area contributed by atoms with E-state index in [-0.39, 0.29) is 17.6 Å². The zero-order chi connectivity index (χ0) is 20.6. The van der Waals surface area contributed by atoms with Crippen LogP contribution in [0.4, 0.5) is 22.2 Å². The molecule has 0 spiro atoms. The molecule has 3 aromatic rings. The van der Waals surface area contributed by atoms with Gasteiger partial charge >= 0.3 is 0 Å². The minimum absolute atomic E-state index is 0.167. The van der Waals surface area contributed by atoms with E-state index in [1.165, 1.54) is 30.0 Å². The summed E-state index contributed by atoms with van der Waals surface area (Å²) >= 11 is 2.67. The fourth-order valence-electron chi connectivity index (χ4n) is 2.32. The third kappa shape index (κ3) is 6.47. The molecule has 0 aliphatic heterocycles. The number of carbonyl (C=O) groups excluding carboxylic acids is 2. The first-order chi connectivity index (χ1) is 14.0. The lowest BCUT2D eigenvalue weighted by molar-refractivity contribution is -0.114. The van der Waals surface area contributed by atoms with Gasteiger partial charge in [-0.15, -0.1) is 10.2 Å². The molecule has 0 saturated heterocycles. The van der Waals surface area contributed by atoms with Gasteiger partial charge in [-0.25, -0.2) is 0 Å².